The summed E-state index contributed by atoms with van der Waals surface area (Å²) >= 11 is 0. The fourth-order valence-electron chi connectivity index (χ4n) is 8.90. The van der Waals surface area contributed by atoms with Crippen molar-refractivity contribution in [2.24, 2.45) is 20.5 Å². The Morgan fingerprint density at radius 2 is 1.00 bits per heavy atom. The highest BCUT2D eigenvalue weighted by Gasteiger charge is 2.22. The Balaban J connectivity index is 0.933. The minimum Gasteiger partial charge on any atom is -0.505 e. The van der Waals surface area contributed by atoms with E-state index >= 15 is 0 Å². The molecule has 0 spiro atoms. The van der Waals surface area contributed by atoms with Crippen LogP contribution in [0.3, 0.4) is 0 Å². The Kier molecular flexibility index (Phi) is 13.9. The lowest BCUT2D eigenvalue weighted by Crippen LogP contribution is -2.24. The van der Waals surface area contributed by atoms with Crippen molar-refractivity contribution in [3.63, 3.8) is 0 Å². The van der Waals surface area contributed by atoms with Gasteiger partial charge in [0.25, 0.3) is 0 Å². The molecule has 0 saturated carbocycles. The number of nitrogens with two attached hydrogens (primary N) is 2. The molecule has 18 heteroatoms. The molecule has 76 heavy (non-hydrogen) atoms. The molecule has 0 unspecified atom stereocenters. The quantitative estimate of drug-likeness (QED) is 0.0366. The highest BCUT2D eigenvalue weighted by Crippen LogP contribution is 2.41. The van der Waals surface area contributed by atoms with E-state index in [9.17, 15) is 30.0 Å². The third-order valence-electron chi connectivity index (χ3n) is 12.4. The second-order valence-corrected chi connectivity index (χ2v) is 17.6. The Morgan fingerprint density at radius 1 is 0.474 bits per heavy atom. The van der Waals surface area contributed by atoms with Crippen LogP contribution >= 0.6 is 0 Å². The molecule has 0 aliphatic carbocycles. The second kappa shape index (κ2) is 21.6. The lowest BCUT2D eigenvalue weighted by Gasteiger charge is -2.26. The van der Waals surface area contributed by atoms with Gasteiger partial charge in [-0.15, -0.1) is 15.3 Å². The minimum absolute atomic E-state index is 0.00197. The summed E-state index contributed by atoms with van der Waals surface area (Å²) in [5, 5.41) is 61.4. The van der Waals surface area contributed by atoms with Crippen LogP contribution in [-0.4, -0.2) is 52.3 Å². The Bertz CT molecular complexity index is 3880. The van der Waals surface area contributed by atoms with Crippen LogP contribution in [0.5, 0.6) is 11.5 Å². The summed E-state index contributed by atoms with van der Waals surface area (Å²) in [6.45, 7) is 1.32. The zero-order valence-corrected chi connectivity index (χ0v) is 40.4. The standard InChI is InChI=1S/C58H46N12O6/c59-38-18-20-52(48(29-38)66-68-50-28-36-11-2-4-16-45(36)54(56(50)72)58(75)76)70(32-41-13-6-8-24-62-41)33-42-14-9-17-47(64-42)37-22-25-63-43(26-37)34-69(31-40-12-5-7-23-61-40)51-21-19-39(30-46(51)60)65-67-49-27-35-10-1-3-15-44(35)53(55(49)71)57(73)74/h1-30,71-72H,31-34,59-60H2,(H,73,74)(H,75,76)/b67-65+,68-66+. The molecule has 0 aliphatic rings. The molecule has 4 aromatic heterocycles. The third kappa shape index (κ3) is 10.8. The first-order valence-electron chi connectivity index (χ1n) is 23.7. The maximum absolute atomic E-state index is 12.3. The summed E-state index contributed by atoms with van der Waals surface area (Å²) in [6, 6.07) is 48.3. The molecule has 10 rings (SSSR count). The van der Waals surface area contributed by atoms with Crippen molar-refractivity contribution in [2.45, 2.75) is 26.2 Å². The molecule has 374 valence electrons. The molecule has 0 saturated heterocycles. The largest absolute Gasteiger partial charge is 0.505 e. The van der Waals surface area contributed by atoms with E-state index in [1.165, 1.54) is 0 Å². The zero-order valence-electron chi connectivity index (χ0n) is 40.4. The van der Waals surface area contributed by atoms with Crippen molar-refractivity contribution in [3.05, 3.63) is 216 Å². The number of carboxylic acid groups (broad SMARTS) is 2. The number of rotatable bonds is 17. The number of anilines is 4. The number of aromatic nitrogens is 4. The number of fused-ring (bicyclic) bond motifs is 2. The number of nitrogens with zero attached hydrogens (tertiary/aromatic N) is 10. The first-order valence-corrected chi connectivity index (χ1v) is 23.7. The van der Waals surface area contributed by atoms with Gasteiger partial charge in [-0.25, -0.2) is 9.59 Å². The number of aromatic carboxylic acids is 2. The summed E-state index contributed by atoms with van der Waals surface area (Å²) in [4.78, 5) is 47.6. The number of azo groups is 2. The highest BCUT2D eigenvalue weighted by molar-refractivity contribution is 6.09. The summed E-state index contributed by atoms with van der Waals surface area (Å²) in [5.41, 5.74) is 19.8. The van der Waals surface area contributed by atoms with E-state index in [0.717, 1.165) is 17.0 Å². The SMILES string of the molecule is Nc1ccc(N(Cc2ccccn2)Cc2cccc(-c3ccnc(CN(Cc4ccccn4)c4ccc(/N=N/c5cc6ccccc6c(C(=O)O)c5O)cc4N)c3)n2)c(/N=N/c2cc3ccccc3c(C(=O)O)c2O)c1. The van der Waals surface area contributed by atoms with E-state index in [0.29, 0.717) is 98.9 Å². The fraction of sp³-hybridized carbons (Fsp3) is 0.0690. The number of hydrogen-bond donors (Lipinski definition) is 6. The van der Waals surface area contributed by atoms with Gasteiger partial charge in [0.2, 0.25) is 0 Å². The van der Waals surface area contributed by atoms with Crippen LogP contribution in [0.25, 0.3) is 32.8 Å². The van der Waals surface area contributed by atoms with Crippen LogP contribution < -0.4 is 21.3 Å². The number of phenols is 2. The van der Waals surface area contributed by atoms with E-state index in [1.54, 1.807) is 104 Å². The van der Waals surface area contributed by atoms with Crippen LogP contribution in [0.15, 0.2) is 203 Å². The van der Waals surface area contributed by atoms with Crippen molar-refractivity contribution in [1.29, 1.82) is 0 Å². The van der Waals surface area contributed by atoms with Crippen LogP contribution in [0, 0.1) is 0 Å². The topological polar surface area (TPSA) is 275 Å². The van der Waals surface area contributed by atoms with Crippen molar-refractivity contribution in [3.8, 4) is 22.8 Å². The number of benzene rings is 6. The van der Waals surface area contributed by atoms with Gasteiger partial charge < -0.3 is 41.7 Å². The predicted octanol–water partition coefficient (Wildman–Crippen LogP) is 12.5. The molecule has 0 atom stereocenters. The molecule has 8 N–H and O–H groups in total. The normalized spacial score (nSPS) is 11.4. The number of hydrogen-bond acceptors (Lipinski definition) is 16. The maximum Gasteiger partial charge on any atom is 0.340 e. The molecule has 0 amide bonds. The van der Waals surface area contributed by atoms with Crippen molar-refractivity contribution in [1.82, 2.24) is 19.9 Å². The minimum atomic E-state index is -1.30. The Labute approximate surface area is 434 Å². The number of nitrogen functional groups attached to an aromatic ring is 2. The molecule has 0 bridgehead atoms. The second-order valence-electron chi connectivity index (χ2n) is 17.6. The van der Waals surface area contributed by atoms with Gasteiger partial charge >= 0.3 is 11.9 Å². The monoisotopic (exact) mass is 1010 g/mol. The molecule has 0 fully saturated rings. The van der Waals surface area contributed by atoms with Crippen molar-refractivity contribution < 1.29 is 30.0 Å². The molecule has 4 heterocycles. The Morgan fingerprint density at radius 3 is 1.61 bits per heavy atom. The maximum atomic E-state index is 12.3. The van der Waals surface area contributed by atoms with E-state index in [2.05, 4.69) is 30.4 Å². The summed E-state index contributed by atoms with van der Waals surface area (Å²) < 4.78 is 0. The number of carbonyl (C=O) groups is 2. The first-order chi connectivity index (χ1) is 36.9. The summed E-state index contributed by atoms with van der Waals surface area (Å²) in [5.74, 6) is -3.58. The number of pyridine rings is 4. The van der Waals surface area contributed by atoms with Crippen LogP contribution in [0.1, 0.15) is 43.5 Å². The van der Waals surface area contributed by atoms with Crippen molar-refractivity contribution in [2.75, 3.05) is 21.3 Å². The fourth-order valence-corrected chi connectivity index (χ4v) is 8.90. The first kappa shape index (κ1) is 49.0. The number of carboxylic acids is 2. The molecular formula is C58H46N12O6. The van der Waals surface area contributed by atoms with Gasteiger partial charge in [-0.2, -0.15) is 5.11 Å². The van der Waals surface area contributed by atoms with Crippen LogP contribution in [0.4, 0.5) is 45.5 Å². The van der Waals surface area contributed by atoms with Gasteiger partial charge in [0.1, 0.15) is 28.2 Å². The molecule has 18 nitrogen and oxygen atoms in total. The Hall–Kier alpha value is -10.6. The summed E-state index contributed by atoms with van der Waals surface area (Å²) in [6.07, 6.45) is 5.17. The van der Waals surface area contributed by atoms with Crippen LogP contribution in [0.2, 0.25) is 0 Å². The van der Waals surface area contributed by atoms with E-state index < -0.39 is 23.4 Å². The third-order valence-corrected chi connectivity index (χ3v) is 12.4. The average molecular weight is 1010 g/mol. The molecule has 0 aliphatic heterocycles. The van der Waals surface area contributed by atoms with Gasteiger partial charge in [-0.3, -0.25) is 19.9 Å². The van der Waals surface area contributed by atoms with E-state index in [1.807, 2.05) is 88.7 Å². The van der Waals surface area contributed by atoms with Gasteiger partial charge in [-0.05, 0) is 108 Å². The predicted molar refractivity (Wildman–Crippen MR) is 291 cm³/mol. The lowest BCUT2D eigenvalue weighted by atomic mass is 10.0. The van der Waals surface area contributed by atoms with E-state index in [-0.39, 0.29) is 22.5 Å². The zero-order chi connectivity index (χ0) is 52.7. The molecule has 10 aromatic rings. The van der Waals surface area contributed by atoms with Gasteiger partial charge in [0.05, 0.1) is 77.4 Å². The summed E-state index contributed by atoms with van der Waals surface area (Å²) in [7, 11) is 0. The van der Waals surface area contributed by atoms with E-state index in [4.69, 9.17) is 21.4 Å². The molecular weight excluding hydrogens is 961 g/mol. The average Bonchev–Trinajstić information content (AvgIpc) is 3.43. The van der Waals surface area contributed by atoms with Gasteiger partial charge in [-0.1, -0.05) is 66.7 Å². The van der Waals surface area contributed by atoms with Gasteiger partial charge in [0.15, 0.2) is 11.5 Å². The van der Waals surface area contributed by atoms with Crippen molar-refractivity contribution >= 4 is 79.0 Å². The smallest absolute Gasteiger partial charge is 0.340 e. The molecule has 0 radical (unpaired) electrons. The van der Waals surface area contributed by atoms with Crippen LogP contribution in [-0.2, 0) is 26.2 Å². The highest BCUT2D eigenvalue weighted by atomic mass is 16.4. The van der Waals surface area contributed by atoms with Gasteiger partial charge in [0, 0.05) is 40.6 Å². The molecule has 6 aromatic carbocycles. The number of aromatic hydroxyl groups is 2. The lowest BCUT2D eigenvalue weighted by molar-refractivity contribution is 0.0684.